The summed E-state index contributed by atoms with van der Waals surface area (Å²) in [6, 6.07) is 24.7. The minimum absolute atomic E-state index is 0.101. The predicted molar refractivity (Wildman–Crippen MR) is 176 cm³/mol. The molecule has 1 saturated carbocycles. The second kappa shape index (κ2) is 10.9. The number of hydrogen-bond donors (Lipinski definition) is 3. The highest BCUT2D eigenvalue weighted by molar-refractivity contribution is 5.83. The van der Waals surface area contributed by atoms with E-state index in [9.17, 15) is 4.79 Å². The molecule has 2 bridgehead atoms. The molecule has 3 fully saturated rings. The zero-order valence-corrected chi connectivity index (χ0v) is 26.1. The fourth-order valence-electron chi connectivity index (χ4n) is 7.46. The van der Waals surface area contributed by atoms with Gasteiger partial charge in [-0.15, -0.1) is 0 Å². The SMILES string of the molecule is CC(C)(C)OC(=O)N1CCC[C@H]1c1nc2ccc(-c3ccc(-c4ccc(-c5cnc([C@H]6N[C@@H]7CC[C@H]6C7)[nH]5)cc4)cc3)cc2[nH]1. The molecule has 2 saturated heterocycles. The van der Waals surface area contributed by atoms with Gasteiger partial charge >= 0.3 is 6.09 Å². The number of likely N-dealkylation sites (tertiary alicyclic amines) is 1. The summed E-state index contributed by atoms with van der Waals surface area (Å²) in [6.07, 6.45) is 7.39. The summed E-state index contributed by atoms with van der Waals surface area (Å²) in [5.41, 5.74) is 8.18. The van der Waals surface area contributed by atoms with Gasteiger partial charge in [0, 0.05) is 12.6 Å². The van der Waals surface area contributed by atoms with Gasteiger partial charge in [0.2, 0.25) is 0 Å². The van der Waals surface area contributed by atoms with Crippen LogP contribution in [0.1, 0.15) is 76.6 Å². The molecule has 230 valence electrons. The molecule has 5 aromatic rings. The molecule has 4 atom stereocenters. The average Bonchev–Trinajstić information content (AvgIpc) is 3.87. The summed E-state index contributed by atoms with van der Waals surface area (Å²) in [5.74, 6) is 2.60. The Balaban J connectivity index is 0.965. The Morgan fingerprint density at radius 2 is 1.53 bits per heavy atom. The van der Waals surface area contributed by atoms with Gasteiger partial charge in [-0.25, -0.2) is 14.8 Å². The molecule has 1 amide bonds. The molecule has 4 heterocycles. The highest BCUT2D eigenvalue weighted by Crippen LogP contribution is 2.42. The molecule has 0 spiro atoms. The molecule has 45 heavy (non-hydrogen) atoms. The lowest BCUT2D eigenvalue weighted by Crippen LogP contribution is -2.36. The van der Waals surface area contributed by atoms with E-state index in [4.69, 9.17) is 14.7 Å². The van der Waals surface area contributed by atoms with Crippen molar-refractivity contribution < 1.29 is 9.53 Å². The number of imidazole rings is 2. The standard InChI is InChI=1S/C37H40N6O2/c1-37(2,3)45-36(44)43-18-4-5-32(43)34-40-29-17-15-26(20-30(29)41-34)24-8-6-22(7-9-24)23-10-12-25(13-11-23)31-21-38-35(42-31)33-27-14-16-28(19-27)39-33/h6-13,15,17,20-21,27-28,32-33,39H,4-5,14,16,18-19H2,1-3H3,(H,38,42)(H,40,41)/t27-,28+,32-,33-/m0/s1. The number of nitrogens with zero attached hydrogens (tertiary/aromatic N) is 3. The van der Waals surface area contributed by atoms with Crippen molar-refractivity contribution in [3.63, 3.8) is 0 Å². The Hall–Kier alpha value is -4.43. The first kappa shape index (κ1) is 28.1. The van der Waals surface area contributed by atoms with Crippen molar-refractivity contribution in [3.8, 4) is 33.5 Å². The summed E-state index contributed by atoms with van der Waals surface area (Å²) in [7, 11) is 0. The fraction of sp³-hybridized carbons (Fsp3) is 0.378. The van der Waals surface area contributed by atoms with Crippen molar-refractivity contribution >= 4 is 17.1 Å². The number of rotatable bonds is 5. The molecule has 3 aliphatic rings. The number of nitrogens with one attached hydrogen (secondary N) is 3. The number of H-pyrrole nitrogens is 2. The van der Waals surface area contributed by atoms with Gasteiger partial charge in [-0.1, -0.05) is 54.6 Å². The Morgan fingerprint density at radius 3 is 2.20 bits per heavy atom. The fourth-order valence-corrected chi connectivity index (χ4v) is 7.46. The minimum Gasteiger partial charge on any atom is -0.444 e. The maximum atomic E-state index is 12.8. The van der Waals surface area contributed by atoms with Gasteiger partial charge in [-0.3, -0.25) is 4.90 Å². The van der Waals surface area contributed by atoms with Crippen LogP contribution < -0.4 is 5.32 Å². The van der Waals surface area contributed by atoms with Crippen LogP contribution in [-0.4, -0.2) is 49.1 Å². The molecule has 0 unspecified atom stereocenters. The molecular formula is C37H40N6O2. The summed E-state index contributed by atoms with van der Waals surface area (Å²) in [5, 5.41) is 3.74. The Morgan fingerprint density at radius 1 is 0.844 bits per heavy atom. The third-order valence-electron chi connectivity index (χ3n) is 9.69. The summed E-state index contributed by atoms with van der Waals surface area (Å²) in [4.78, 5) is 31.3. The van der Waals surface area contributed by atoms with E-state index in [1.165, 1.54) is 30.4 Å². The lowest BCUT2D eigenvalue weighted by molar-refractivity contribution is 0.0219. The number of amides is 1. The molecule has 3 N–H and O–H groups in total. The molecule has 8 rings (SSSR count). The monoisotopic (exact) mass is 600 g/mol. The Kier molecular flexibility index (Phi) is 6.78. The van der Waals surface area contributed by atoms with Crippen LogP contribution >= 0.6 is 0 Å². The van der Waals surface area contributed by atoms with Crippen LogP contribution in [0.2, 0.25) is 0 Å². The van der Waals surface area contributed by atoms with E-state index in [1.54, 1.807) is 4.90 Å². The first-order chi connectivity index (χ1) is 21.8. The molecule has 3 aromatic carbocycles. The van der Waals surface area contributed by atoms with Crippen LogP contribution in [0.5, 0.6) is 0 Å². The number of aromatic nitrogens is 4. The van der Waals surface area contributed by atoms with E-state index in [0.717, 1.165) is 57.9 Å². The van der Waals surface area contributed by atoms with Gasteiger partial charge in [-0.2, -0.15) is 0 Å². The van der Waals surface area contributed by atoms with Crippen molar-refractivity contribution in [1.29, 1.82) is 0 Å². The number of carbonyl (C=O) groups is 1. The van der Waals surface area contributed by atoms with E-state index in [2.05, 4.69) is 82.0 Å². The normalized spacial score (nSPS) is 22.9. The minimum atomic E-state index is -0.525. The van der Waals surface area contributed by atoms with Gasteiger partial charge in [-0.05, 0) is 98.7 Å². The van der Waals surface area contributed by atoms with Crippen LogP contribution in [0.3, 0.4) is 0 Å². The average molecular weight is 601 g/mol. The number of piperidine rings is 1. The predicted octanol–water partition coefficient (Wildman–Crippen LogP) is 8.17. The van der Waals surface area contributed by atoms with Gasteiger partial charge < -0.3 is 20.0 Å². The summed E-state index contributed by atoms with van der Waals surface area (Å²) < 4.78 is 5.66. The van der Waals surface area contributed by atoms with E-state index >= 15 is 0 Å². The maximum Gasteiger partial charge on any atom is 0.410 e. The third-order valence-corrected chi connectivity index (χ3v) is 9.69. The third kappa shape index (κ3) is 5.41. The summed E-state index contributed by atoms with van der Waals surface area (Å²) in [6.45, 7) is 6.37. The smallest absolute Gasteiger partial charge is 0.410 e. The zero-order chi connectivity index (χ0) is 30.7. The molecule has 8 heteroatoms. The molecule has 0 radical (unpaired) electrons. The number of fused-ring (bicyclic) bond motifs is 3. The van der Waals surface area contributed by atoms with Crippen molar-refractivity contribution in [3.05, 3.63) is 84.6 Å². The van der Waals surface area contributed by atoms with E-state index in [1.807, 2.05) is 27.0 Å². The number of ether oxygens (including phenoxy) is 1. The van der Waals surface area contributed by atoms with Crippen LogP contribution in [0, 0.1) is 5.92 Å². The second-order valence-corrected chi connectivity index (χ2v) is 13.9. The lowest BCUT2D eigenvalue weighted by atomic mass is 9.99. The highest BCUT2D eigenvalue weighted by atomic mass is 16.6. The van der Waals surface area contributed by atoms with Crippen molar-refractivity contribution in [2.75, 3.05) is 6.54 Å². The quantitative estimate of drug-likeness (QED) is 0.189. The molecule has 2 aromatic heterocycles. The van der Waals surface area contributed by atoms with Crippen LogP contribution in [0.25, 0.3) is 44.5 Å². The molecule has 1 aliphatic carbocycles. The number of hydrogen-bond acceptors (Lipinski definition) is 5. The summed E-state index contributed by atoms with van der Waals surface area (Å²) >= 11 is 0. The molecule has 2 aliphatic heterocycles. The Bertz CT molecular complexity index is 1850. The molecular weight excluding hydrogens is 560 g/mol. The van der Waals surface area contributed by atoms with Gasteiger partial charge in [0.05, 0.1) is 35.0 Å². The van der Waals surface area contributed by atoms with Crippen LogP contribution in [0.15, 0.2) is 72.9 Å². The zero-order valence-electron chi connectivity index (χ0n) is 26.1. The van der Waals surface area contributed by atoms with Crippen LogP contribution in [-0.2, 0) is 4.74 Å². The van der Waals surface area contributed by atoms with Crippen molar-refractivity contribution in [1.82, 2.24) is 30.2 Å². The topological polar surface area (TPSA) is 98.9 Å². The maximum absolute atomic E-state index is 12.8. The number of carbonyl (C=O) groups excluding carboxylic acids is 1. The highest BCUT2D eigenvalue weighted by Gasteiger charge is 2.41. The van der Waals surface area contributed by atoms with Gasteiger partial charge in [0.1, 0.15) is 17.2 Å². The van der Waals surface area contributed by atoms with Crippen LogP contribution in [0.4, 0.5) is 4.79 Å². The van der Waals surface area contributed by atoms with Crippen molar-refractivity contribution in [2.45, 2.75) is 76.6 Å². The van der Waals surface area contributed by atoms with E-state index in [0.29, 0.717) is 24.5 Å². The Labute approximate surface area is 263 Å². The first-order valence-corrected chi connectivity index (χ1v) is 16.3. The lowest BCUT2D eigenvalue weighted by Gasteiger charge is -2.27. The number of benzene rings is 3. The van der Waals surface area contributed by atoms with E-state index in [-0.39, 0.29) is 12.1 Å². The molecule has 8 nitrogen and oxygen atoms in total. The second-order valence-electron chi connectivity index (χ2n) is 13.9. The van der Waals surface area contributed by atoms with E-state index < -0.39 is 5.60 Å². The largest absolute Gasteiger partial charge is 0.444 e. The first-order valence-electron chi connectivity index (χ1n) is 16.3. The van der Waals surface area contributed by atoms with Gasteiger partial charge in [0.25, 0.3) is 0 Å². The van der Waals surface area contributed by atoms with Gasteiger partial charge in [0.15, 0.2) is 0 Å². The van der Waals surface area contributed by atoms with Crippen molar-refractivity contribution in [2.24, 2.45) is 5.92 Å². The number of aromatic amines is 2.